The Morgan fingerprint density at radius 3 is 2.76 bits per heavy atom. The Labute approximate surface area is 266 Å². The molecule has 5 fully saturated rings. The predicted octanol–water partition coefficient (Wildman–Crippen LogP) is 5.35. The van der Waals surface area contributed by atoms with Crippen LogP contribution in [-0.2, 0) is 0 Å². The van der Waals surface area contributed by atoms with Crippen molar-refractivity contribution in [3.8, 4) is 35.4 Å². The quantitative estimate of drug-likeness (QED) is 0.289. The zero-order valence-corrected chi connectivity index (χ0v) is 25.6. The third kappa shape index (κ3) is 4.35. The van der Waals surface area contributed by atoms with Crippen LogP contribution >= 0.6 is 0 Å². The number of piperazine rings is 1. The molecule has 8 nitrogen and oxygen atoms in total. The number of terminal acetylenes is 1. The van der Waals surface area contributed by atoms with Gasteiger partial charge in [0.05, 0.1) is 10.9 Å². The van der Waals surface area contributed by atoms with Crippen molar-refractivity contribution < 1.29 is 18.6 Å². The number of rotatable bonds is 5. The fourth-order valence-electron chi connectivity index (χ4n) is 9.45. The summed E-state index contributed by atoms with van der Waals surface area (Å²) in [6, 6.07) is 9.68. The number of halogens is 2. The number of alkyl halides is 1. The lowest BCUT2D eigenvalue weighted by molar-refractivity contribution is 0.0832. The van der Waals surface area contributed by atoms with Crippen molar-refractivity contribution in [1.82, 2.24) is 25.2 Å². The molecule has 1 saturated carbocycles. The molecule has 46 heavy (non-hydrogen) atoms. The van der Waals surface area contributed by atoms with Gasteiger partial charge in [0.15, 0.2) is 5.82 Å². The van der Waals surface area contributed by atoms with Gasteiger partial charge >= 0.3 is 6.01 Å². The summed E-state index contributed by atoms with van der Waals surface area (Å²) in [7, 11) is 0. The molecule has 0 spiro atoms. The normalized spacial score (nSPS) is 30.2. The number of pyridine rings is 1. The Bertz CT molecular complexity index is 1920. The van der Waals surface area contributed by atoms with Crippen LogP contribution in [0.1, 0.15) is 50.5 Å². The number of aromatic nitrogens is 3. The van der Waals surface area contributed by atoms with E-state index in [4.69, 9.17) is 16.1 Å². The summed E-state index contributed by atoms with van der Waals surface area (Å²) in [6.07, 6.45) is 13.5. The van der Waals surface area contributed by atoms with Crippen LogP contribution in [0.2, 0.25) is 0 Å². The van der Waals surface area contributed by atoms with E-state index >= 15 is 4.39 Å². The van der Waals surface area contributed by atoms with Gasteiger partial charge in [-0.05, 0) is 61.6 Å². The lowest BCUT2D eigenvalue weighted by Gasteiger charge is -2.35. The predicted molar refractivity (Wildman–Crippen MR) is 172 cm³/mol. The van der Waals surface area contributed by atoms with Gasteiger partial charge < -0.3 is 20.1 Å². The summed E-state index contributed by atoms with van der Waals surface area (Å²) in [5.74, 6) is 3.19. The van der Waals surface area contributed by atoms with Gasteiger partial charge in [-0.3, -0.25) is 9.88 Å². The standard InChI is InChI=1S/C36H36F2N6O2/c1-2-20-5-3-6-21-11-26(45)12-27(30(20)21)32-31(38)33-28(15-39-32)34(43-17-24-9-10-25(18-43)40-24)42-35(41-33)46-19-36-13-22-7-4-8-29(22)44(36)16-23(37)14-36/h1,3,5-6,11-12,15,22-25,29,40,45H,4,7-10,13-14,16-19H2/t22-,23-,24?,25?,29-,36?/m1/s1. The maximum Gasteiger partial charge on any atom is 0.319 e. The molecule has 0 amide bonds. The molecule has 0 radical (unpaired) electrons. The van der Waals surface area contributed by atoms with Crippen LogP contribution in [0.5, 0.6) is 11.8 Å². The highest BCUT2D eigenvalue weighted by molar-refractivity contribution is 6.02. The van der Waals surface area contributed by atoms with E-state index in [1.165, 1.54) is 18.9 Å². The number of phenols is 1. The second-order valence-electron chi connectivity index (χ2n) is 14.0. The number of phenolic OH excluding ortho intramolecular Hbond substituents is 1. The minimum atomic E-state index is -0.884. The Balaban J connectivity index is 1.16. The smallest absolute Gasteiger partial charge is 0.319 e. The molecule has 2 bridgehead atoms. The number of hydrogen-bond donors (Lipinski definition) is 2. The number of anilines is 1. The van der Waals surface area contributed by atoms with Crippen molar-refractivity contribution in [3.05, 3.63) is 47.9 Å². The average Bonchev–Trinajstić information content (AvgIpc) is 3.79. The van der Waals surface area contributed by atoms with Crippen molar-refractivity contribution in [2.45, 2.75) is 74.8 Å². The first-order valence-corrected chi connectivity index (χ1v) is 16.5. The molecule has 10 heteroatoms. The van der Waals surface area contributed by atoms with E-state index in [0.29, 0.717) is 70.1 Å². The Morgan fingerprint density at radius 1 is 1.09 bits per heavy atom. The highest BCUT2D eigenvalue weighted by Crippen LogP contribution is 2.52. The van der Waals surface area contributed by atoms with Crippen LogP contribution in [-0.4, -0.2) is 81.0 Å². The molecule has 2 aromatic heterocycles. The highest BCUT2D eigenvalue weighted by Gasteiger charge is 2.58. The molecule has 1 aliphatic carbocycles. The monoisotopic (exact) mass is 622 g/mol. The molecule has 6 atom stereocenters. The minimum absolute atomic E-state index is 0.0190. The maximum atomic E-state index is 16.9. The van der Waals surface area contributed by atoms with Crippen LogP contribution < -0.4 is 15.0 Å². The molecular formula is C36H36F2N6O2. The van der Waals surface area contributed by atoms with Gasteiger partial charge in [0, 0.05) is 66.9 Å². The minimum Gasteiger partial charge on any atom is -0.508 e. The molecule has 4 aliphatic heterocycles. The first-order valence-electron chi connectivity index (χ1n) is 16.5. The lowest BCUT2D eigenvalue weighted by atomic mass is 9.89. The number of nitrogens with zero attached hydrogens (tertiary/aromatic N) is 5. The van der Waals surface area contributed by atoms with Crippen molar-refractivity contribution in [2.75, 3.05) is 31.1 Å². The molecule has 9 rings (SSSR count). The van der Waals surface area contributed by atoms with Gasteiger partial charge in [-0.1, -0.05) is 24.5 Å². The SMILES string of the molecule is C#Cc1cccc2cc(O)cc(-c3ncc4c(N5CC6CCC(C5)N6)nc(OCC56C[C@@H](F)CN5[C@@H]5CCC[C@@H]5C6)nc4c3F)c12. The third-order valence-electron chi connectivity index (χ3n) is 11.3. The summed E-state index contributed by atoms with van der Waals surface area (Å²) < 4.78 is 38.2. The van der Waals surface area contributed by atoms with Crippen LogP contribution in [0.4, 0.5) is 14.6 Å². The van der Waals surface area contributed by atoms with E-state index in [2.05, 4.69) is 31.0 Å². The van der Waals surface area contributed by atoms with Crippen molar-refractivity contribution in [2.24, 2.45) is 5.92 Å². The van der Waals surface area contributed by atoms with Gasteiger partial charge in [-0.2, -0.15) is 9.97 Å². The molecule has 2 aromatic carbocycles. The number of hydrogen-bond acceptors (Lipinski definition) is 8. The first kappa shape index (κ1) is 28.2. The average molecular weight is 623 g/mol. The van der Waals surface area contributed by atoms with E-state index in [-0.39, 0.29) is 29.6 Å². The molecule has 4 aromatic rings. The van der Waals surface area contributed by atoms with Crippen LogP contribution in [0.25, 0.3) is 32.9 Å². The summed E-state index contributed by atoms with van der Waals surface area (Å²) in [5, 5.41) is 16.1. The van der Waals surface area contributed by atoms with Gasteiger partial charge in [0.2, 0.25) is 0 Å². The Kier molecular flexibility index (Phi) is 6.42. The summed E-state index contributed by atoms with van der Waals surface area (Å²) >= 11 is 0. The van der Waals surface area contributed by atoms with Gasteiger partial charge in [-0.15, -0.1) is 6.42 Å². The van der Waals surface area contributed by atoms with Crippen molar-refractivity contribution in [3.63, 3.8) is 0 Å². The molecule has 2 N–H and O–H groups in total. The zero-order valence-electron chi connectivity index (χ0n) is 25.6. The number of aromatic hydroxyl groups is 1. The second-order valence-corrected chi connectivity index (χ2v) is 14.0. The van der Waals surface area contributed by atoms with Crippen LogP contribution in [0, 0.1) is 24.1 Å². The first-order chi connectivity index (χ1) is 22.4. The third-order valence-corrected chi connectivity index (χ3v) is 11.3. The fourth-order valence-corrected chi connectivity index (χ4v) is 9.45. The van der Waals surface area contributed by atoms with E-state index in [1.807, 2.05) is 12.1 Å². The van der Waals surface area contributed by atoms with E-state index < -0.39 is 17.5 Å². The topological polar surface area (TPSA) is 86.6 Å². The molecule has 236 valence electrons. The number of nitrogens with one attached hydrogen (secondary N) is 1. The van der Waals surface area contributed by atoms with E-state index in [1.54, 1.807) is 18.3 Å². The van der Waals surface area contributed by atoms with Crippen molar-refractivity contribution >= 4 is 27.5 Å². The number of fused-ring (bicyclic) bond motifs is 7. The van der Waals surface area contributed by atoms with Gasteiger partial charge in [0.25, 0.3) is 0 Å². The zero-order chi connectivity index (χ0) is 31.2. The number of ether oxygens (including phenoxy) is 1. The molecule has 5 aliphatic rings. The maximum absolute atomic E-state index is 16.9. The molecule has 6 heterocycles. The number of benzene rings is 2. The van der Waals surface area contributed by atoms with Gasteiger partial charge in [0.1, 0.15) is 35.6 Å². The molecule has 3 unspecified atom stereocenters. The largest absolute Gasteiger partial charge is 0.508 e. The van der Waals surface area contributed by atoms with E-state index in [0.717, 1.165) is 38.8 Å². The molecule has 4 saturated heterocycles. The molecular weight excluding hydrogens is 586 g/mol. The summed E-state index contributed by atoms with van der Waals surface area (Å²) in [5.41, 5.74) is 0.702. The van der Waals surface area contributed by atoms with Crippen molar-refractivity contribution in [1.29, 1.82) is 0 Å². The van der Waals surface area contributed by atoms with Crippen LogP contribution in [0.3, 0.4) is 0 Å². The summed E-state index contributed by atoms with van der Waals surface area (Å²) in [6.45, 7) is 2.18. The second kappa shape index (κ2) is 10.5. The fraction of sp³-hybridized carbons (Fsp3) is 0.472. The highest BCUT2D eigenvalue weighted by atomic mass is 19.1. The lowest BCUT2D eigenvalue weighted by Crippen LogP contribution is -2.51. The van der Waals surface area contributed by atoms with E-state index in [9.17, 15) is 9.50 Å². The summed E-state index contributed by atoms with van der Waals surface area (Å²) in [4.78, 5) is 18.7. The van der Waals surface area contributed by atoms with Crippen LogP contribution in [0.15, 0.2) is 36.5 Å². The van der Waals surface area contributed by atoms with Gasteiger partial charge in [-0.25, -0.2) is 8.78 Å². The Morgan fingerprint density at radius 2 is 1.93 bits per heavy atom. The Hall–Kier alpha value is -4.07.